The highest BCUT2D eigenvalue weighted by atomic mass is 35.5. The highest BCUT2D eigenvalue weighted by Crippen LogP contribution is 2.78. The van der Waals surface area contributed by atoms with Crippen molar-refractivity contribution in [1.29, 1.82) is 0 Å². The van der Waals surface area contributed by atoms with Gasteiger partial charge in [0.05, 0.1) is 41.6 Å². The van der Waals surface area contributed by atoms with Crippen LogP contribution in [-0.4, -0.2) is 69.9 Å². The van der Waals surface area contributed by atoms with Crippen molar-refractivity contribution in [3.8, 4) is 17.1 Å². The van der Waals surface area contributed by atoms with Gasteiger partial charge in [0.15, 0.2) is 5.76 Å². The predicted octanol–water partition coefficient (Wildman–Crippen LogP) is 11.4. The minimum atomic E-state index is -4.86. The van der Waals surface area contributed by atoms with Crippen molar-refractivity contribution in [3.05, 3.63) is 136 Å². The molecular formula is C52H54ClF6NO7. The van der Waals surface area contributed by atoms with Gasteiger partial charge in [-0.25, -0.2) is 0 Å². The topological polar surface area (TPSA) is 113 Å². The summed E-state index contributed by atoms with van der Waals surface area (Å²) < 4.78 is 96.5. The number of rotatable bonds is 14. The highest BCUT2D eigenvalue weighted by molar-refractivity contribution is 6.33. The maximum atomic E-state index is 15.2. The van der Waals surface area contributed by atoms with Crippen LogP contribution in [0, 0.1) is 33.5 Å². The second-order valence-electron chi connectivity index (χ2n) is 20.0. The number of carbonyl (C=O) groups is 1. The van der Waals surface area contributed by atoms with E-state index in [2.05, 4.69) is 30.7 Å². The van der Waals surface area contributed by atoms with E-state index in [9.17, 15) is 41.7 Å². The predicted molar refractivity (Wildman–Crippen MR) is 238 cm³/mol. The first-order chi connectivity index (χ1) is 31.6. The van der Waals surface area contributed by atoms with Gasteiger partial charge in [-0.1, -0.05) is 86.1 Å². The van der Waals surface area contributed by atoms with Crippen molar-refractivity contribution >= 4 is 17.4 Å². The van der Waals surface area contributed by atoms with E-state index in [-0.39, 0.29) is 78.0 Å². The molecule has 6 aliphatic rings. The molecule has 9 unspecified atom stereocenters. The summed E-state index contributed by atoms with van der Waals surface area (Å²) in [4.78, 5) is 17.1. The molecule has 0 radical (unpaired) electrons. The lowest BCUT2D eigenvalue weighted by atomic mass is 9.32. The number of nitrogens with zero attached hydrogens (tertiary/aromatic N) is 1. The molecule has 0 aliphatic heterocycles. The molecule has 3 fully saturated rings. The van der Waals surface area contributed by atoms with Crippen LogP contribution in [0.5, 0.6) is 5.75 Å². The van der Waals surface area contributed by atoms with E-state index in [4.69, 9.17) is 20.8 Å². The summed E-state index contributed by atoms with van der Waals surface area (Å²) in [5.74, 6) is -1.24. The Morgan fingerprint density at radius 1 is 0.881 bits per heavy atom. The number of fused-ring (bicyclic) bond motifs is 1. The van der Waals surface area contributed by atoms with Gasteiger partial charge in [0.2, 0.25) is 5.78 Å². The lowest BCUT2D eigenvalue weighted by Crippen LogP contribution is -2.67. The first-order valence-corrected chi connectivity index (χ1v) is 23.2. The Kier molecular flexibility index (Phi) is 12.2. The summed E-state index contributed by atoms with van der Waals surface area (Å²) in [7, 11) is 0. The van der Waals surface area contributed by atoms with Gasteiger partial charge < -0.3 is 29.2 Å². The molecule has 9 atom stereocenters. The van der Waals surface area contributed by atoms with Crippen LogP contribution in [0.4, 0.5) is 26.3 Å². The molecule has 1 heterocycles. The zero-order valence-electron chi connectivity index (χ0n) is 37.2. The smallest absolute Gasteiger partial charge is 0.453 e. The maximum Gasteiger partial charge on any atom is 0.573 e. The van der Waals surface area contributed by atoms with E-state index in [1.54, 1.807) is 0 Å². The number of ketones is 1. The lowest BCUT2D eigenvalue weighted by molar-refractivity contribution is -0.274. The fourth-order valence-electron chi connectivity index (χ4n) is 13.1. The van der Waals surface area contributed by atoms with Crippen molar-refractivity contribution in [3.63, 3.8) is 0 Å². The number of benzene rings is 3. The van der Waals surface area contributed by atoms with Crippen molar-refractivity contribution in [2.45, 2.75) is 102 Å². The SMILES string of the molecule is CC12CCC(O)CC13C=CC1(C(C(=O)c4ccc(-c5cc(C(F)(F)F)ccc5Cl)o4)=C3)C2CCC2(C)C1CCC2(O)CN(Cc1ccc(OC(F)(F)F)cc1)CC(O)COCc1ccccc1. The number of halogens is 7. The Labute approximate surface area is 390 Å². The number of hydrogen-bond acceptors (Lipinski definition) is 8. The molecule has 0 amide bonds. The van der Waals surface area contributed by atoms with Gasteiger partial charge in [-0.2, -0.15) is 13.2 Å². The largest absolute Gasteiger partial charge is 0.573 e. The molecule has 3 aromatic carbocycles. The van der Waals surface area contributed by atoms with Crippen LogP contribution < -0.4 is 4.74 Å². The van der Waals surface area contributed by atoms with Gasteiger partial charge >= 0.3 is 12.5 Å². The number of furan rings is 1. The van der Waals surface area contributed by atoms with Crippen LogP contribution in [0.15, 0.2) is 113 Å². The Morgan fingerprint density at radius 3 is 2.30 bits per heavy atom. The summed E-state index contributed by atoms with van der Waals surface area (Å²) in [5, 5.41) is 35.8. The average molecular weight is 954 g/mol. The van der Waals surface area contributed by atoms with Gasteiger partial charge in [-0.15, -0.1) is 13.2 Å². The molecular weight excluding hydrogens is 900 g/mol. The summed E-state index contributed by atoms with van der Waals surface area (Å²) in [6.07, 6.45) is -0.970. The van der Waals surface area contributed by atoms with E-state index in [1.807, 2.05) is 41.3 Å². The Hall–Kier alpha value is -4.44. The monoisotopic (exact) mass is 953 g/mol. The van der Waals surface area contributed by atoms with E-state index in [1.165, 1.54) is 36.4 Å². The molecule has 0 saturated heterocycles. The number of ether oxygens (including phenoxy) is 2. The summed E-state index contributed by atoms with van der Waals surface area (Å²) >= 11 is 6.40. The van der Waals surface area contributed by atoms with Crippen LogP contribution in [-0.2, 0) is 24.1 Å². The molecule has 10 rings (SSSR count). The van der Waals surface area contributed by atoms with E-state index in [0.29, 0.717) is 56.1 Å². The number of carbonyl (C=O) groups excluding carboxylic acids is 1. The average Bonchev–Trinajstić information content (AvgIpc) is 3.86. The zero-order chi connectivity index (χ0) is 47.8. The fourth-order valence-corrected chi connectivity index (χ4v) is 13.3. The Morgan fingerprint density at radius 2 is 1.58 bits per heavy atom. The van der Waals surface area contributed by atoms with Crippen LogP contribution in [0.3, 0.4) is 0 Å². The Balaban J connectivity index is 1.04. The highest BCUT2D eigenvalue weighted by Gasteiger charge is 2.74. The number of aliphatic hydroxyl groups excluding tert-OH is 2. The van der Waals surface area contributed by atoms with Crippen LogP contribution >= 0.6 is 11.6 Å². The number of alkyl halides is 6. The summed E-state index contributed by atoms with van der Waals surface area (Å²) in [6.45, 7) is 4.88. The minimum absolute atomic E-state index is 0.000637. The first-order valence-electron chi connectivity index (χ1n) is 22.8. The van der Waals surface area contributed by atoms with Crippen molar-refractivity contribution in [1.82, 2.24) is 4.90 Å². The molecule has 15 heteroatoms. The van der Waals surface area contributed by atoms with E-state index >= 15 is 4.79 Å². The third-order valence-electron chi connectivity index (χ3n) is 16.3. The molecule has 3 N–H and O–H groups in total. The van der Waals surface area contributed by atoms with Gasteiger partial charge in [-0.05, 0) is 116 Å². The van der Waals surface area contributed by atoms with Gasteiger partial charge in [0.1, 0.15) is 11.5 Å². The second-order valence-corrected chi connectivity index (χ2v) is 20.4. The third kappa shape index (κ3) is 8.47. The number of allylic oxidation sites excluding steroid dienone is 4. The molecule has 3 saturated carbocycles. The van der Waals surface area contributed by atoms with Crippen LogP contribution in [0.25, 0.3) is 11.3 Å². The third-order valence-corrected chi connectivity index (χ3v) is 16.6. The molecule has 67 heavy (non-hydrogen) atoms. The zero-order valence-corrected chi connectivity index (χ0v) is 37.9. The van der Waals surface area contributed by atoms with Crippen molar-refractivity contribution in [2.24, 2.45) is 33.5 Å². The quantitative estimate of drug-likeness (QED) is 0.0651. The fraction of sp³-hybridized carbons (Fsp3) is 0.481. The molecule has 2 bridgehead atoms. The standard InChI is InChI=1S/C52H54ClF6NO7/c1-46-19-16-35(61)25-48(46)22-23-50(39(26-48)45(63)42-15-14-41(66-42)38-24-34(51(54,55)56)10-13-40(38)53)43(46)17-20-47(2)44(50)18-21-49(47,64)31-60(27-32-8-11-37(12-9-32)67-52(57,58)59)28-36(62)30-65-29-33-6-4-3-5-7-33/h3-15,22-24,26,35-36,43-44,61-62,64H,16-21,25,27-31H2,1-2H3. The molecule has 4 aromatic rings. The number of hydrogen-bond donors (Lipinski definition) is 3. The molecule has 358 valence electrons. The molecule has 1 aromatic heterocycles. The van der Waals surface area contributed by atoms with Gasteiger partial charge in [0, 0.05) is 47.0 Å². The second kappa shape index (κ2) is 17.2. The van der Waals surface area contributed by atoms with E-state index in [0.717, 1.165) is 23.8 Å². The van der Waals surface area contributed by atoms with Gasteiger partial charge in [-0.3, -0.25) is 9.69 Å². The minimum Gasteiger partial charge on any atom is -0.453 e. The summed E-state index contributed by atoms with van der Waals surface area (Å²) in [6, 6.07) is 20.8. The van der Waals surface area contributed by atoms with Crippen LogP contribution in [0.2, 0.25) is 5.02 Å². The normalized spacial score (nSPS) is 31.5. The van der Waals surface area contributed by atoms with Crippen LogP contribution in [0.1, 0.15) is 86.0 Å². The molecule has 6 aliphatic carbocycles. The Bertz CT molecular complexity index is 2540. The van der Waals surface area contributed by atoms with Crippen molar-refractivity contribution in [2.75, 3.05) is 19.7 Å². The number of aliphatic hydroxyl groups is 3. The van der Waals surface area contributed by atoms with Gasteiger partial charge in [0.25, 0.3) is 0 Å². The van der Waals surface area contributed by atoms with E-state index < -0.39 is 57.9 Å². The van der Waals surface area contributed by atoms with Crippen molar-refractivity contribution < 1.29 is 60.3 Å². The first kappa shape index (κ1) is 47.6. The summed E-state index contributed by atoms with van der Waals surface area (Å²) in [5.41, 5.74) is -3.02. The molecule has 2 spiro atoms. The molecule has 8 nitrogen and oxygen atoms in total. The lowest BCUT2D eigenvalue weighted by Gasteiger charge is -2.71. The number of Topliss-reactive ketones (excluding diaryl/α,β-unsaturated/α-hetero) is 1. The maximum absolute atomic E-state index is 15.2.